The number of amides is 2. The second kappa shape index (κ2) is 12.4. The number of nitrogens with zero attached hydrogens (tertiary/aromatic N) is 3. The van der Waals surface area contributed by atoms with Gasteiger partial charge < -0.3 is 24.4 Å². The van der Waals surface area contributed by atoms with Gasteiger partial charge in [0.1, 0.15) is 24.0 Å². The number of methoxy groups -OCH3 is 1. The van der Waals surface area contributed by atoms with E-state index in [2.05, 4.69) is 15.3 Å². The highest BCUT2D eigenvalue weighted by atomic mass is 19.3. The Hall–Kier alpha value is -3.57. The number of fused-ring (bicyclic) bond motifs is 7. The summed E-state index contributed by atoms with van der Waals surface area (Å²) in [5.41, 5.74) is -0.469. The standard InChI is InChI=1S/C36H46F2N4O6/c1-19-28-18-42(29(19)20(2)43)33(44)31(35(3)12-7-8-13-35)41-34(45)48-27-16-21-15-24(21)23(27)9-5-6-14-36(37,38)30-32(47-28)40-26-17-22(46-4)10-11-25(26)39-30/h10-11,17,19,21,23-24,27-29,31H,5-9,12-16,18H2,1-4H3,(H,41,45)/t19-,21?,23-,24?,27-,28+,29+,31-/m1/s1. The molecule has 3 heterocycles. The van der Waals surface area contributed by atoms with Crippen LogP contribution in [0.1, 0.15) is 90.7 Å². The molecule has 0 radical (unpaired) electrons. The minimum Gasteiger partial charge on any atom is -0.497 e. The lowest BCUT2D eigenvalue weighted by Crippen LogP contribution is -2.58. The molecule has 2 aliphatic heterocycles. The first-order chi connectivity index (χ1) is 22.9. The highest BCUT2D eigenvalue weighted by Crippen LogP contribution is 2.58. The maximum atomic E-state index is 16.2. The highest BCUT2D eigenvalue weighted by Gasteiger charge is 2.55. The van der Waals surface area contributed by atoms with Gasteiger partial charge in [0.15, 0.2) is 11.5 Å². The first-order valence-electron chi connectivity index (χ1n) is 17.6. The quantitative estimate of drug-likeness (QED) is 0.412. The molecule has 3 aliphatic carbocycles. The average Bonchev–Trinajstić information content (AvgIpc) is 3.32. The maximum absolute atomic E-state index is 16.2. The fourth-order valence-electron chi connectivity index (χ4n) is 9.19. The molecule has 260 valence electrons. The number of benzene rings is 1. The predicted molar refractivity (Wildman–Crippen MR) is 172 cm³/mol. The van der Waals surface area contributed by atoms with Crippen LogP contribution in [0, 0.1) is 29.1 Å². The Bertz CT molecular complexity index is 1600. The van der Waals surface area contributed by atoms with Gasteiger partial charge in [0.05, 0.1) is 30.7 Å². The Kier molecular flexibility index (Phi) is 8.51. The summed E-state index contributed by atoms with van der Waals surface area (Å²) in [5.74, 6) is -3.34. The van der Waals surface area contributed by atoms with Gasteiger partial charge in [0.2, 0.25) is 11.8 Å². The molecule has 0 spiro atoms. The van der Waals surface area contributed by atoms with Crippen LogP contribution in [0.15, 0.2) is 18.2 Å². The van der Waals surface area contributed by atoms with E-state index in [4.69, 9.17) is 14.2 Å². The third kappa shape index (κ3) is 5.97. The Morgan fingerprint density at radius 2 is 1.75 bits per heavy atom. The van der Waals surface area contributed by atoms with Crippen LogP contribution in [0.25, 0.3) is 11.0 Å². The zero-order chi connectivity index (χ0) is 34.0. The Morgan fingerprint density at radius 3 is 2.48 bits per heavy atom. The molecule has 12 heteroatoms. The molecular weight excluding hydrogens is 622 g/mol. The van der Waals surface area contributed by atoms with E-state index in [1.54, 1.807) is 25.1 Å². The van der Waals surface area contributed by atoms with Crippen LogP contribution in [-0.4, -0.2) is 70.6 Å². The van der Waals surface area contributed by atoms with Gasteiger partial charge in [-0.25, -0.2) is 14.8 Å². The molecule has 8 atom stereocenters. The summed E-state index contributed by atoms with van der Waals surface area (Å²) in [5, 5.41) is 2.97. The number of Topliss-reactive ketones (excluding diaryl/α,β-unsaturated/α-hetero) is 1. The van der Waals surface area contributed by atoms with E-state index >= 15 is 8.78 Å². The lowest BCUT2D eigenvalue weighted by atomic mass is 9.79. The van der Waals surface area contributed by atoms with Crippen LogP contribution in [0.3, 0.4) is 0 Å². The molecule has 10 nitrogen and oxygen atoms in total. The number of aromatic nitrogens is 2. The number of rotatable bonds is 3. The number of halogens is 2. The molecule has 2 amide bonds. The number of ether oxygens (including phenoxy) is 3. The maximum Gasteiger partial charge on any atom is 0.408 e. The van der Waals surface area contributed by atoms with Crippen molar-refractivity contribution in [3.05, 3.63) is 23.9 Å². The van der Waals surface area contributed by atoms with Gasteiger partial charge in [0.25, 0.3) is 5.92 Å². The number of carbonyl (C=O) groups is 3. The largest absolute Gasteiger partial charge is 0.497 e. The van der Waals surface area contributed by atoms with Crippen LogP contribution >= 0.6 is 0 Å². The van der Waals surface area contributed by atoms with E-state index in [0.29, 0.717) is 35.9 Å². The van der Waals surface area contributed by atoms with Gasteiger partial charge in [-0.05, 0) is 80.8 Å². The number of nitrogens with one attached hydrogen (secondary N) is 1. The van der Waals surface area contributed by atoms with E-state index in [0.717, 1.165) is 38.5 Å². The minimum atomic E-state index is -3.35. The van der Waals surface area contributed by atoms with Crippen molar-refractivity contribution >= 4 is 28.8 Å². The summed E-state index contributed by atoms with van der Waals surface area (Å²) in [7, 11) is 1.51. The van der Waals surface area contributed by atoms with E-state index in [9.17, 15) is 14.4 Å². The molecule has 2 unspecified atom stereocenters. The summed E-state index contributed by atoms with van der Waals surface area (Å²) in [6.45, 7) is 5.16. The van der Waals surface area contributed by atoms with Crippen LogP contribution < -0.4 is 14.8 Å². The first kappa shape index (κ1) is 33.0. The molecule has 2 bridgehead atoms. The smallest absolute Gasteiger partial charge is 0.408 e. The summed E-state index contributed by atoms with van der Waals surface area (Å²) >= 11 is 0. The van der Waals surface area contributed by atoms with Crippen molar-refractivity contribution in [2.45, 2.75) is 115 Å². The summed E-state index contributed by atoms with van der Waals surface area (Å²) < 4.78 is 50.0. The van der Waals surface area contributed by atoms with Gasteiger partial charge in [-0.1, -0.05) is 33.1 Å². The van der Waals surface area contributed by atoms with E-state index in [1.165, 1.54) is 18.9 Å². The van der Waals surface area contributed by atoms with Gasteiger partial charge >= 0.3 is 6.09 Å². The van der Waals surface area contributed by atoms with Gasteiger partial charge in [0, 0.05) is 18.4 Å². The normalized spacial score (nSPS) is 34.5. The highest BCUT2D eigenvalue weighted by molar-refractivity contribution is 5.92. The molecule has 3 saturated carbocycles. The van der Waals surface area contributed by atoms with Crippen LogP contribution in [-0.2, 0) is 20.2 Å². The SMILES string of the molecule is COc1ccc2nc3c(nc2c1)O[C@H]1CN(C(=O)[C@H](C2(C)CCCC2)NC(=O)O[C@@H]2CC4CC4[C@H]2CCCCC3(F)F)[C@H](C(C)=O)[C@@H]1C. The molecule has 2 aromatic rings. The monoisotopic (exact) mass is 668 g/mol. The predicted octanol–water partition coefficient (Wildman–Crippen LogP) is 6.19. The van der Waals surface area contributed by atoms with Crippen molar-refractivity contribution < 1.29 is 37.4 Å². The van der Waals surface area contributed by atoms with Crippen molar-refractivity contribution in [3.63, 3.8) is 0 Å². The number of hydrogen-bond donors (Lipinski definition) is 1. The first-order valence-corrected chi connectivity index (χ1v) is 17.6. The second-order valence-electron chi connectivity index (χ2n) is 15.2. The summed E-state index contributed by atoms with van der Waals surface area (Å²) in [6, 6.07) is 3.06. The van der Waals surface area contributed by atoms with Gasteiger partial charge in [-0.3, -0.25) is 9.59 Å². The van der Waals surface area contributed by atoms with Crippen molar-refractivity contribution in [3.8, 4) is 11.6 Å². The molecule has 4 fully saturated rings. The molecule has 5 aliphatic rings. The van der Waals surface area contributed by atoms with Crippen molar-refractivity contribution in [2.24, 2.45) is 29.1 Å². The van der Waals surface area contributed by atoms with E-state index in [1.807, 2.05) is 6.92 Å². The lowest BCUT2D eigenvalue weighted by molar-refractivity contribution is -0.142. The van der Waals surface area contributed by atoms with Crippen molar-refractivity contribution in [1.29, 1.82) is 0 Å². The fraction of sp³-hybridized carbons (Fsp3) is 0.694. The molecule has 48 heavy (non-hydrogen) atoms. The zero-order valence-electron chi connectivity index (χ0n) is 28.2. The summed E-state index contributed by atoms with van der Waals surface area (Å²) in [6.07, 6.45) is 4.39. The molecule has 1 N–H and O–H groups in total. The Morgan fingerprint density at radius 1 is 1.00 bits per heavy atom. The topological polar surface area (TPSA) is 120 Å². The van der Waals surface area contributed by atoms with Crippen LogP contribution in [0.5, 0.6) is 11.6 Å². The number of alkyl carbamates (subject to hydrolysis) is 1. The van der Waals surface area contributed by atoms with Crippen LogP contribution in [0.4, 0.5) is 13.6 Å². The van der Waals surface area contributed by atoms with Crippen LogP contribution in [0.2, 0.25) is 0 Å². The Balaban J connectivity index is 1.29. The lowest BCUT2D eigenvalue weighted by Gasteiger charge is -2.37. The van der Waals surface area contributed by atoms with Gasteiger partial charge in [-0.15, -0.1) is 0 Å². The third-order valence-electron chi connectivity index (χ3n) is 12.0. The number of alkyl halides is 2. The molecular formula is C36H46F2N4O6. The average molecular weight is 669 g/mol. The number of carbonyl (C=O) groups excluding carboxylic acids is 3. The molecule has 7 rings (SSSR count). The van der Waals surface area contributed by atoms with E-state index < -0.39 is 53.7 Å². The molecule has 1 aromatic heterocycles. The zero-order valence-corrected chi connectivity index (χ0v) is 28.2. The van der Waals surface area contributed by atoms with Gasteiger partial charge in [-0.2, -0.15) is 8.78 Å². The van der Waals surface area contributed by atoms with Crippen molar-refractivity contribution in [1.82, 2.24) is 20.2 Å². The fourth-order valence-corrected chi connectivity index (χ4v) is 9.19. The molecule has 1 saturated heterocycles. The van der Waals surface area contributed by atoms with E-state index in [-0.39, 0.29) is 48.1 Å². The second-order valence-corrected chi connectivity index (χ2v) is 15.2. The number of ketones is 1. The van der Waals surface area contributed by atoms with Crippen molar-refractivity contribution in [2.75, 3.05) is 13.7 Å². The summed E-state index contributed by atoms with van der Waals surface area (Å²) in [4.78, 5) is 51.7. The third-order valence-corrected chi connectivity index (χ3v) is 12.0. The number of hydrogen-bond acceptors (Lipinski definition) is 8. The molecule has 1 aromatic carbocycles. The Labute approximate surface area is 279 Å². The minimum absolute atomic E-state index is 0.0372.